The van der Waals surface area contributed by atoms with Crippen LogP contribution in [0.5, 0.6) is 0 Å². The zero-order valence-corrected chi connectivity index (χ0v) is 9.44. The van der Waals surface area contributed by atoms with Crippen LogP contribution in [0.2, 0.25) is 0 Å². The molecule has 1 saturated heterocycles. The van der Waals surface area contributed by atoms with Gasteiger partial charge in [0.1, 0.15) is 0 Å². The van der Waals surface area contributed by atoms with Crippen molar-refractivity contribution in [1.29, 1.82) is 0 Å². The maximum atomic E-state index is 11.3. The Morgan fingerprint density at radius 3 is 2.76 bits per heavy atom. The molecule has 1 aliphatic heterocycles. The van der Waals surface area contributed by atoms with Crippen LogP contribution in [0.15, 0.2) is 0 Å². The van der Waals surface area contributed by atoms with Crippen LogP contribution in [0.1, 0.15) is 25.7 Å². The van der Waals surface area contributed by atoms with Gasteiger partial charge in [0.25, 0.3) is 0 Å². The highest BCUT2D eigenvalue weighted by Crippen LogP contribution is 2.31. The van der Waals surface area contributed by atoms with E-state index in [0.717, 1.165) is 12.8 Å². The van der Waals surface area contributed by atoms with Gasteiger partial charge in [-0.1, -0.05) is 6.42 Å². The van der Waals surface area contributed by atoms with E-state index in [1.54, 1.807) is 0 Å². The Morgan fingerprint density at radius 1 is 1.41 bits per heavy atom. The fraction of sp³-hybridized carbons (Fsp3) is 0.727. The van der Waals surface area contributed by atoms with Gasteiger partial charge in [0.2, 0.25) is 11.8 Å². The van der Waals surface area contributed by atoms with E-state index in [1.165, 1.54) is 0 Å². The lowest BCUT2D eigenvalue weighted by atomic mass is 9.96. The number of amides is 2. The molecule has 0 aromatic carbocycles. The Hall–Kier alpha value is -1.43. The first-order valence-electron chi connectivity index (χ1n) is 5.88. The summed E-state index contributed by atoms with van der Waals surface area (Å²) in [6.07, 6.45) is 2.64. The molecule has 0 aromatic rings. The third-order valence-electron chi connectivity index (χ3n) is 3.57. The number of imide groups is 1. The van der Waals surface area contributed by atoms with Crippen LogP contribution in [-0.2, 0) is 14.4 Å². The van der Waals surface area contributed by atoms with Gasteiger partial charge in [0.15, 0.2) is 0 Å². The molecule has 0 radical (unpaired) electrons. The summed E-state index contributed by atoms with van der Waals surface area (Å²) >= 11 is 0. The summed E-state index contributed by atoms with van der Waals surface area (Å²) in [5, 5.41) is 14.2. The maximum absolute atomic E-state index is 11.3. The molecule has 2 aliphatic rings. The summed E-state index contributed by atoms with van der Waals surface area (Å²) in [7, 11) is 0. The smallest absolute Gasteiger partial charge is 0.306 e. The molecular formula is C11H16N2O4. The van der Waals surface area contributed by atoms with Gasteiger partial charge in [-0.3, -0.25) is 19.7 Å². The standard InChI is InChI=1S/C11H16N2O4/c14-9-4-8(10(15)13-9)12-5-6-2-1-3-7(6)11(16)17/h6-8,12H,1-5H2,(H,16,17)(H,13,14,15). The summed E-state index contributed by atoms with van der Waals surface area (Å²) in [4.78, 5) is 33.2. The Balaban J connectivity index is 1.84. The minimum atomic E-state index is -0.763. The molecule has 2 rings (SSSR count). The third-order valence-corrected chi connectivity index (χ3v) is 3.57. The molecule has 1 saturated carbocycles. The second-order valence-electron chi connectivity index (χ2n) is 4.71. The number of hydrogen-bond donors (Lipinski definition) is 3. The number of carboxylic acids is 1. The SMILES string of the molecule is O=C1CC(NCC2CCCC2C(=O)O)C(=O)N1. The van der Waals surface area contributed by atoms with E-state index in [9.17, 15) is 14.4 Å². The quantitative estimate of drug-likeness (QED) is 0.575. The van der Waals surface area contributed by atoms with Gasteiger partial charge >= 0.3 is 5.97 Å². The molecule has 0 aromatic heterocycles. The average Bonchev–Trinajstić information content (AvgIpc) is 2.82. The van der Waals surface area contributed by atoms with Crippen molar-refractivity contribution in [3.8, 4) is 0 Å². The van der Waals surface area contributed by atoms with Gasteiger partial charge in [-0.05, 0) is 25.3 Å². The fourth-order valence-electron chi connectivity index (χ4n) is 2.62. The predicted octanol–water partition coefficient (Wildman–Crippen LogP) is -0.508. The van der Waals surface area contributed by atoms with Crippen molar-refractivity contribution in [2.24, 2.45) is 11.8 Å². The van der Waals surface area contributed by atoms with Gasteiger partial charge in [0, 0.05) is 0 Å². The minimum Gasteiger partial charge on any atom is -0.481 e. The first kappa shape index (κ1) is 12.0. The Bertz CT molecular complexity index is 355. The van der Waals surface area contributed by atoms with Crippen molar-refractivity contribution in [3.05, 3.63) is 0 Å². The largest absolute Gasteiger partial charge is 0.481 e. The monoisotopic (exact) mass is 240 g/mol. The molecule has 6 heteroatoms. The molecule has 3 N–H and O–H groups in total. The first-order chi connectivity index (χ1) is 8.08. The molecule has 3 atom stereocenters. The minimum absolute atomic E-state index is 0.0657. The van der Waals surface area contributed by atoms with E-state index in [0.29, 0.717) is 13.0 Å². The fourth-order valence-corrected chi connectivity index (χ4v) is 2.62. The summed E-state index contributed by atoms with van der Waals surface area (Å²) in [5.41, 5.74) is 0. The van der Waals surface area contributed by atoms with Gasteiger partial charge in [0.05, 0.1) is 18.4 Å². The number of rotatable bonds is 4. The summed E-state index contributed by atoms with van der Waals surface area (Å²) in [5.74, 6) is -1.59. The van der Waals surface area contributed by atoms with E-state index in [1.807, 2.05) is 0 Å². The van der Waals surface area contributed by atoms with E-state index in [4.69, 9.17) is 5.11 Å². The number of aliphatic carboxylic acids is 1. The van der Waals surface area contributed by atoms with Gasteiger partial charge in [-0.25, -0.2) is 0 Å². The number of nitrogens with one attached hydrogen (secondary N) is 2. The molecule has 0 bridgehead atoms. The number of carbonyl (C=O) groups is 3. The highest BCUT2D eigenvalue weighted by Gasteiger charge is 2.35. The molecular weight excluding hydrogens is 224 g/mol. The van der Waals surface area contributed by atoms with Gasteiger partial charge < -0.3 is 10.4 Å². The molecule has 1 heterocycles. The Labute approximate surface area is 98.8 Å². The van der Waals surface area contributed by atoms with E-state index in [2.05, 4.69) is 10.6 Å². The normalized spacial score (nSPS) is 32.8. The van der Waals surface area contributed by atoms with Gasteiger partial charge in [-0.15, -0.1) is 0 Å². The molecule has 2 fully saturated rings. The lowest BCUT2D eigenvalue weighted by Gasteiger charge is -2.18. The lowest BCUT2D eigenvalue weighted by molar-refractivity contribution is -0.142. The van der Waals surface area contributed by atoms with Crippen molar-refractivity contribution in [1.82, 2.24) is 10.6 Å². The molecule has 3 unspecified atom stereocenters. The number of carboxylic acid groups (broad SMARTS) is 1. The van der Waals surface area contributed by atoms with E-state index in [-0.39, 0.29) is 30.1 Å². The second-order valence-corrected chi connectivity index (χ2v) is 4.71. The zero-order chi connectivity index (χ0) is 12.4. The highest BCUT2D eigenvalue weighted by atomic mass is 16.4. The van der Waals surface area contributed by atoms with Crippen LogP contribution in [0, 0.1) is 11.8 Å². The predicted molar refractivity (Wildman–Crippen MR) is 58.0 cm³/mol. The average molecular weight is 240 g/mol. The Kier molecular flexibility index (Phi) is 3.42. The molecule has 17 heavy (non-hydrogen) atoms. The van der Waals surface area contributed by atoms with Crippen molar-refractivity contribution in [3.63, 3.8) is 0 Å². The highest BCUT2D eigenvalue weighted by molar-refractivity contribution is 6.05. The molecule has 6 nitrogen and oxygen atoms in total. The summed E-state index contributed by atoms with van der Waals surface area (Å²) < 4.78 is 0. The van der Waals surface area contributed by atoms with E-state index >= 15 is 0 Å². The zero-order valence-electron chi connectivity index (χ0n) is 9.44. The van der Waals surface area contributed by atoms with Crippen LogP contribution in [0.4, 0.5) is 0 Å². The van der Waals surface area contributed by atoms with Crippen LogP contribution >= 0.6 is 0 Å². The molecule has 2 amide bonds. The maximum Gasteiger partial charge on any atom is 0.306 e. The molecule has 94 valence electrons. The van der Waals surface area contributed by atoms with Crippen LogP contribution in [0.3, 0.4) is 0 Å². The topological polar surface area (TPSA) is 95.5 Å². The summed E-state index contributed by atoms with van der Waals surface area (Å²) in [6, 6.07) is -0.488. The second kappa shape index (κ2) is 4.83. The van der Waals surface area contributed by atoms with E-state index < -0.39 is 12.0 Å². The number of carbonyl (C=O) groups excluding carboxylic acids is 2. The number of hydrogen-bond acceptors (Lipinski definition) is 4. The summed E-state index contributed by atoms with van der Waals surface area (Å²) in [6.45, 7) is 0.488. The lowest BCUT2D eigenvalue weighted by Crippen LogP contribution is -2.40. The first-order valence-corrected chi connectivity index (χ1v) is 5.88. The van der Waals surface area contributed by atoms with Crippen LogP contribution < -0.4 is 10.6 Å². The third kappa shape index (κ3) is 2.63. The van der Waals surface area contributed by atoms with Crippen molar-refractivity contribution >= 4 is 17.8 Å². The Morgan fingerprint density at radius 2 is 2.18 bits per heavy atom. The van der Waals surface area contributed by atoms with Crippen molar-refractivity contribution in [2.45, 2.75) is 31.7 Å². The van der Waals surface area contributed by atoms with Gasteiger partial charge in [-0.2, -0.15) is 0 Å². The van der Waals surface area contributed by atoms with Crippen molar-refractivity contribution < 1.29 is 19.5 Å². The van der Waals surface area contributed by atoms with Crippen LogP contribution in [0.25, 0.3) is 0 Å². The molecule has 1 aliphatic carbocycles. The van der Waals surface area contributed by atoms with Crippen molar-refractivity contribution in [2.75, 3.05) is 6.54 Å². The van der Waals surface area contributed by atoms with Crippen LogP contribution in [-0.4, -0.2) is 35.5 Å². The molecule has 0 spiro atoms.